The molecule has 4 N–H and O–H groups in total. The monoisotopic (exact) mass is 826 g/mol. The normalized spacial score (nSPS) is 8.00. The smallest absolute Gasteiger partial charge is 1.00 e. The Bertz CT molecular complexity index is 619. The van der Waals surface area contributed by atoms with Gasteiger partial charge in [-0.2, -0.15) is 20.4 Å². The number of hydrogen-bond acceptors (Lipinski definition) is 4. The van der Waals surface area contributed by atoms with Crippen molar-refractivity contribution in [3.63, 3.8) is 0 Å². The maximum atomic E-state index is 3.85. The van der Waals surface area contributed by atoms with Crippen molar-refractivity contribution in [2.45, 2.75) is 12.8 Å². The Morgan fingerprint density at radius 2 is 0.679 bits per heavy atom. The summed E-state index contributed by atoms with van der Waals surface area (Å²) in [5, 5.41) is 26.4. The first kappa shape index (κ1) is 34.9. The van der Waals surface area contributed by atoms with Crippen LogP contribution in [0.3, 0.4) is 0 Å². The molecule has 0 spiro atoms. The molecule has 4 aromatic heterocycles. The molecule has 0 saturated carbocycles. The van der Waals surface area contributed by atoms with Crippen molar-refractivity contribution in [3.8, 4) is 0 Å². The van der Waals surface area contributed by atoms with E-state index in [1.807, 2.05) is 49.6 Å². The zero-order chi connectivity index (χ0) is 15.0. The molecular weight excluding hydrogens is 812 g/mol. The van der Waals surface area contributed by atoms with Crippen molar-refractivity contribution in [2.24, 2.45) is 0 Å². The molecule has 4 aromatic rings. The summed E-state index contributed by atoms with van der Waals surface area (Å²) >= 11 is 0. The van der Waals surface area contributed by atoms with Gasteiger partial charge in [0.15, 0.2) is 0 Å². The third kappa shape index (κ3) is 12.0. The molecular formula is C14H16Cl4N8Pt2. The number of rotatable bonds is 4. The number of halogens is 4. The minimum Gasteiger partial charge on any atom is -1.00 e. The molecule has 0 aliphatic carbocycles. The minimum absolute atomic E-state index is 0. The van der Waals surface area contributed by atoms with Crippen LogP contribution in [0.1, 0.15) is 22.3 Å². The standard InChI is InChI=1S/2C7H8N4.4ClH.2Pt/c2*1(6-2-8-9-3-6)7-4-10-11-5-7;;;;;;/h2*2-5H,1H2,(H,8,9)(H,10,11);4*1H;;/q;;;;;;2*+2/p-4. The summed E-state index contributed by atoms with van der Waals surface area (Å²) in [7, 11) is 0. The Balaban J connectivity index is -0.000000169. The van der Waals surface area contributed by atoms with Gasteiger partial charge in [-0.25, -0.2) is 0 Å². The summed E-state index contributed by atoms with van der Waals surface area (Å²) in [5.41, 5.74) is 4.69. The van der Waals surface area contributed by atoms with Crippen LogP contribution in [0.25, 0.3) is 0 Å². The molecule has 0 aliphatic heterocycles. The van der Waals surface area contributed by atoms with Crippen molar-refractivity contribution in [2.75, 3.05) is 0 Å². The molecule has 0 unspecified atom stereocenters. The molecule has 0 amide bonds. The number of H-pyrrole nitrogens is 4. The molecule has 0 radical (unpaired) electrons. The quantitative estimate of drug-likeness (QED) is 0.164. The average Bonchev–Trinajstić information content (AvgIpc) is 3.31. The predicted molar refractivity (Wildman–Crippen MR) is 80.0 cm³/mol. The van der Waals surface area contributed by atoms with Gasteiger partial charge in [-0.15, -0.1) is 0 Å². The van der Waals surface area contributed by atoms with Crippen LogP contribution in [-0.4, -0.2) is 40.8 Å². The topological polar surface area (TPSA) is 115 Å². The Morgan fingerprint density at radius 1 is 0.464 bits per heavy atom. The van der Waals surface area contributed by atoms with Crippen LogP contribution in [0.4, 0.5) is 0 Å². The third-order valence-corrected chi connectivity index (χ3v) is 3.04. The molecule has 8 nitrogen and oxygen atoms in total. The van der Waals surface area contributed by atoms with Crippen molar-refractivity contribution in [1.29, 1.82) is 0 Å². The molecule has 160 valence electrons. The number of nitrogens with zero attached hydrogens (tertiary/aromatic N) is 4. The van der Waals surface area contributed by atoms with Crippen LogP contribution < -0.4 is 49.6 Å². The minimum atomic E-state index is 0. The van der Waals surface area contributed by atoms with Crippen molar-refractivity contribution in [3.05, 3.63) is 71.8 Å². The van der Waals surface area contributed by atoms with Crippen molar-refractivity contribution >= 4 is 0 Å². The van der Waals surface area contributed by atoms with E-state index in [9.17, 15) is 0 Å². The molecule has 0 atom stereocenters. The second kappa shape index (κ2) is 19.7. The maximum absolute atomic E-state index is 3.85. The molecule has 0 aromatic carbocycles. The van der Waals surface area contributed by atoms with Gasteiger partial charge in [0.2, 0.25) is 0 Å². The first-order valence-corrected chi connectivity index (χ1v) is 6.81. The summed E-state index contributed by atoms with van der Waals surface area (Å²) in [6.45, 7) is 0. The van der Waals surface area contributed by atoms with Crippen LogP contribution in [0.5, 0.6) is 0 Å². The second-order valence-electron chi connectivity index (χ2n) is 4.78. The molecule has 0 aliphatic rings. The predicted octanol–water partition coefficient (Wildman–Crippen LogP) is -10.5. The first-order valence-electron chi connectivity index (χ1n) is 6.81. The van der Waals surface area contributed by atoms with E-state index in [0.717, 1.165) is 12.8 Å². The molecule has 28 heavy (non-hydrogen) atoms. The van der Waals surface area contributed by atoms with E-state index in [1.54, 1.807) is 0 Å². The van der Waals surface area contributed by atoms with Gasteiger partial charge < -0.3 is 49.6 Å². The van der Waals surface area contributed by atoms with E-state index in [4.69, 9.17) is 0 Å². The van der Waals surface area contributed by atoms with Gasteiger partial charge in [-0.05, 0) is 22.3 Å². The SMILES string of the molecule is [Cl-].[Cl-].[Cl-].[Cl-].[Pt+2].[Pt+2].c1n[nH]cc1Cc1cn[nH]c1.c1n[nH]cc1Cc1cn[nH]c1. The average molecular weight is 828 g/mol. The van der Waals surface area contributed by atoms with E-state index in [1.165, 1.54) is 22.3 Å². The Labute approximate surface area is 215 Å². The van der Waals surface area contributed by atoms with Gasteiger partial charge in [0.25, 0.3) is 0 Å². The Morgan fingerprint density at radius 3 is 0.821 bits per heavy atom. The van der Waals surface area contributed by atoms with Gasteiger partial charge in [-0.3, -0.25) is 20.4 Å². The van der Waals surface area contributed by atoms with Gasteiger partial charge in [0.05, 0.1) is 24.8 Å². The van der Waals surface area contributed by atoms with Crippen LogP contribution >= 0.6 is 0 Å². The third-order valence-electron chi connectivity index (χ3n) is 3.04. The molecule has 4 rings (SSSR count). The van der Waals surface area contributed by atoms with Crippen LogP contribution in [0.15, 0.2) is 49.6 Å². The number of nitrogens with one attached hydrogen (secondary N) is 4. The van der Waals surface area contributed by atoms with E-state index in [2.05, 4.69) is 40.8 Å². The summed E-state index contributed by atoms with van der Waals surface area (Å²) in [6.07, 6.45) is 16.5. The number of aromatic nitrogens is 8. The van der Waals surface area contributed by atoms with E-state index < -0.39 is 0 Å². The summed E-state index contributed by atoms with van der Waals surface area (Å²) in [4.78, 5) is 0. The fourth-order valence-electron chi connectivity index (χ4n) is 1.97. The van der Waals surface area contributed by atoms with E-state index >= 15 is 0 Å². The second-order valence-corrected chi connectivity index (χ2v) is 4.78. The van der Waals surface area contributed by atoms with Gasteiger partial charge in [-0.1, -0.05) is 0 Å². The first-order chi connectivity index (χ1) is 10.9. The fraction of sp³-hybridized carbons (Fsp3) is 0.143. The molecule has 4 heterocycles. The molecule has 14 heteroatoms. The van der Waals surface area contributed by atoms with E-state index in [-0.39, 0.29) is 91.8 Å². The van der Waals surface area contributed by atoms with Gasteiger partial charge in [0.1, 0.15) is 0 Å². The zero-order valence-electron chi connectivity index (χ0n) is 14.0. The Kier molecular flexibility index (Phi) is 24.5. The van der Waals surface area contributed by atoms with Crippen LogP contribution in [-0.2, 0) is 55.0 Å². The summed E-state index contributed by atoms with van der Waals surface area (Å²) in [6, 6.07) is 0. The summed E-state index contributed by atoms with van der Waals surface area (Å²) in [5.74, 6) is 0. The molecule has 0 saturated heterocycles. The number of hydrogen-bond donors (Lipinski definition) is 4. The molecule has 0 fully saturated rings. The fourth-order valence-corrected chi connectivity index (χ4v) is 1.97. The van der Waals surface area contributed by atoms with Crippen LogP contribution in [0, 0.1) is 0 Å². The van der Waals surface area contributed by atoms with Gasteiger partial charge in [0, 0.05) is 37.6 Å². The van der Waals surface area contributed by atoms with E-state index in [0.29, 0.717) is 0 Å². The van der Waals surface area contributed by atoms with Crippen molar-refractivity contribution in [1.82, 2.24) is 40.8 Å². The van der Waals surface area contributed by atoms with Crippen molar-refractivity contribution < 1.29 is 91.8 Å². The zero-order valence-corrected chi connectivity index (χ0v) is 21.5. The Hall–Kier alpha value is -0.623. The largest absolute Gasteiger partial charge is 2.00 e. The van der Waals surface area contributed by atoms with Crippen LogP contribution in [0.2, 0.25) is 0 Å². The maximum Gasteiger partial charge on any atom is 2.00 e. The summed E-state index contributed by atoms with van der Waals surface area (Å²) < 4.78 is 0. The number of aromatic amines is 4. The molecule has 0 bridgehead atoms. The van der Waals surface area contributed by atoms with Gasteiger partial charge >= 0.3 is 42.1 Å².